The normalized spacial score (nSPS) is 13.8. The van der Waals surface area contributed by atoms with Gasteiger partial charge in [0.15, 0.2) is 0 Å². The van der Waals surface area contributed by atoms with Gasteiger partial charge in [0.2, 0.25) is 0 Å². The van der Waals surface area contributed by atoms with E-state index in [-0.39, 0.29) is 12.4 Å². The van der Waals surface area contributed by atoms with Gasteiger partial charge in [0.05, 0.1) is 31.6 Å². The van der Waals surface area contributed by atoms with E-state index >= 15 is 0 Å². The van der Waals surface area contributed by atoms with Crippen molar-refractivity contribution in [1.82, 2.24) is 4.90 Å². The first-order valence-corrected chi connectivity index (χ1v) is 8.58. The lowest BCUT2D eigenvalue weighted by Crippen LogP contribution is -2.44. The number of carbonyl (C=O) groups excluding carboxylic acids is 1. The smallest absolute Gasteiger partial charge is 0.306 e. The molecule has 0 bridgehead atoms. The van der Waals surface area contributed by atoms with Gasteiger partial charge in [0.25, 0.3) is 0 Å². The van der Waals surface area contributed by atoms with E-state index in [4.69, 9.17) is 9.47 Å². The molecule has 25 heavy (non-hydrogen) atoms. The molecule has 1 aromatic rings. The van der Waals surface area contributed by atoms with E-state index in [9.17, 15) is 10.1 Å². The highest BCUT2D eigenvalue weighted by atomic mass is 16.5. The molecule has 1 rings (SSSR count). The third-order valence-corrected chi connectivity index (χ3v) is 4.73. The van der Waals surface area contributed by atoms with Gasteiger partial charge in [-0.1, -0.05) is 26.0 Å². The molecule has 5 nitrogen and oxygen atoms in total. The lowest BCUT2D eigenvalue weighted by atomic mass is 9.59. The van der Waals surface area contributed by atoms with Gasteiger partial charge in [-0.3, -0.25) is 4.79 Å². The Labute approximate surface area is 151 Å². The topological polar surface area (TPSA) is 62.6 Å². The molecule has 0 aliphatic rings. The van der Waals surface area contributed by atoms with E-state index in [1.54, 1.807) is 14.0 Å². The van der Waals surface area contributed by atoms with Crippen LogP contribution in [0, 0.1) is 16.7 Å². The first-order chi connectivity index (χ1) is 11.7. The van der Waals surface area contributed by atoms with Gasteiger partial charge in [0, 0.05) is 0 Å². The Morgan fingerprint density at radius 1 is 1.32 bits per heavy atom. The average molecular weight is 346 g/mol. The Morgan fingerprint density at radius 3 is 2.52 bits per heavy atom. The maximum Gasteiger partial charge on any atom is 0.306 e. The Balaban J connectivity index is 3.39. The molecular formula is C20H30N2O3. The molecule has 0 aromatic heterocycles. The summed E-state index contributed by atoms with van der Waals surface area (Å²) in [5.74, 6) is 0.425. The molecule has 0 aliphatic heterocycles. The van der Waals surface area contributed by atoms with Gasteiger partial charge >= 0.3 is 5.97 Å². The largest absolute Gasteiger partial charge is 0.497 e. The zero-order valence-corrected chi connectivity index (χ0v) is 16.3. The predicted molar refractivity (Wildman–Crippen MR) is 98.5 cm³/mol. The second-order valence-electron chi connectivity index (χ2n) is 7.17. The fourth-order valence-electron chi connectivity index (χ4n) is 3.15. The molecule has 1 aromatic carbocycles. The van der Waals surface area contributed by atoms with Crippen LogP contribution in [0.4, 0.5) is 0 Å². The van der Waals surface area contributed by atoms with Crippen LogP contribution in [0.15, 0.2) is 24.3 Å². The zero-order chi connectivity index (χ0) is 19.1. The zero-order valence-electron chi connectivity index (χ0n) is 16.3. The SMILES string of the molecule is CCOC(=O)CC(C)(C)C(C#N)(CCN(C)C)c1cccc(OC)c1. The average Bonchev–Trinajstić information content (AvgIpc) is 2.55. The Bertz CT molecular complexity index is 620. The minimum Gasteiger partial charge on any atom is -0.497 e. The molecule has 5 heteroatoms. The molecule has 0 saturated carbocycles. The van der Waals surface area contributed by atoms with E-state index in [2.05, 4.69) is 6.07 Å². The summed E-state index contributed by atoms with van der Waals surface area (Å²) in [6, 6.07) is 10.1. The van der Waals surface area contributed by atoms with Crippen LogP contribution < -0.4 is 4.74 Å². The van der Waals surface area contributed by atoms with Gasteiger partial charge in [-0.05, 0) is 57.1 Å². The van der Waals surface area contributed by atoms with Crippen LogP contribution in [0.2, 0.25) is 0 Å². The Hall–Kier alpha value is -2.06. The van der Waals surface area contributed by atoms with Crippen LogP contribution in [0.3, 0.4) is 0 Å². The van der Waals surface area contributed by atoms with Crippen molar-refractivity contribution in [2.45, 2.75) is 39.0 Å². The van der Waals surface area contributed by atoms with Gasteiger partial charge in [-0.2, -0.15) is 5.26 Å². The maximum absolute atomic E-state index is 12.1. The molecule has 0 fully saturated rings. The predicted octanol–water partition coefficient (Wildman–Crippen LogP) is 3.39. The van der Waals surface area contributed by atoms with Crippen LogP contribution in [-0.2, 0) is 14.9 Å². The number of methoxy groups -OCH3 is 1. The first kappa shape index (κ1) is 21.0. The number of ether oxygens (including phenoxy) is 2. The second kappa shape index (κ2) is 8.87. The number of nitriles is 1. The molecular weight excluding hydrogens is 316 g/mol. The monoisotopic (exact) mass is 346 g/mol. The number of benzene rings is 1. The van der Waals surface area contributed by atoms with Crippen LogP contribution in [-0.4, -0.2) is 45.2 Å². The van der Waals surface area contributed by atoms with Crippen molar-refractivity contribution >= 4 is 5.97 Å². The fraction of sp³-hybridized carbons (Fsp3) is 0.600. The van der Waals surface area contributed by atoms with Gasteiger partial charge < -0.3 is 14.4 Å². The Kier molecular flexibility index (Phi) is 7.44. The quantitative estimate of drug-likeness (QED) is 0.641. The van der Waals surface area contributed by atoms with Crippen molar-refractivity contribution in [3.63, 3.8) is 0 Å². The molecule has 138 valence electrons. The Morgan fingerprint density at radius 2 is 2.00 bits per heavy atom. The molecule has 0 amide bonds. The summed E-state index contributed by atoms with van der Waals surface area (Å²) in [4.78, 5) is 14.2. The van der Waals surface area contributed by atoms with E-state index < -0.39 is 10.8 Å². The molecule has 0 N–H and O–H groups in total. The van der Waals surface area contributed by atoms with Crippen molar-refractivity contribution in [2.24, 2.45) is 5.41 Å². The number of nitrogens with zero attached hydrogens (tertiary/aromatic N) is 2. The van der Waals surface area contributed by atoms with Gasteiger partial charge in [-0.15, -0.1) is 0 Å². The maximum atomic E-state index is 12.1. The van der Waals surface area contributed by atoms with E-state index in [0.717, 1.165) is 12.1 Å². The van der Waals surface area contributed by atoms with Crippen molar-refractivity contribution in [1.29, 1.82) is 5.26 Å². The molecule has 0 saturated heterocycles. The van der Waals surface area contributed by atoms with Crippen molar-refractivity contribution in [2.75, 3.05) is 34.4 Å². The lowest BCUT2D eigenvalue weighted by molar-refractivity contribution is -0.146. The third-order valence-electron chi connectivity index (χ3n) is 4.73. The van der Waals surface area contributed by atoms with Crippen LogP contribution in [0.25, 0.3) is 0 Å². The number of rotatable bonds is 9. The molecule has 0 radical (unpaired) electrons. The summed E-state index contributed by atoms with van der Waals surface area (Å²) in [6.07, 6.45) is 0.787. The summed E-state index contributed by atoms with van der Waals surface area (Å²) in [7, 11) is 5.56. The molecule has 0 spiro atoms. The van der Waals surface area contributed by atoms with Crippen molar-refractivity contribution in [3.8, 4) is 11.8 Å². The van der Waals surface area contributed by atoms with Gasteiger partial charge in [0.1, 0.15) is 5.75 Å². The molecule has 0 heterocycles. The first-order valence-electron chi connectivity index (χ1n) is 8.58. The highest BCUT2D eigenvalue weighted by Gasteiger charge is 2.48. The van der Waals surface area contributed by atoms with Crippen molar-refractivity contribution in [3.05, 3.63) is 29.8 Å². The van der Waals surface area contributed by atoms with Crippen LogP contribution in [0.1, 0.15) is 39.2 Å². The van der Waals surface area contributed by atoms with Crippen LogP contribution >= 0.6 is 0 Å². The standard InChI is InChI=1S/C20H30N2O3/c1-7-25-18(23)14-19(2,3)20(15-21,11-12-22(4)5)16-9-8-10-17(13-16)24-6/h8-10,13H,7,11-12,14H2,1-6H3. The fourth-order valence-corrected chi connectivity index (χ4v) is 3.15. The number of hydrogen-bond acceptors (Lipinski definition) is 5. The summed E-state index contributed by atoms with van der Waals surface area (Å²) >= 11 is 0. The summed E-state index contributed by atoms with van der Waals surface area (Å²) < 4.78 is 10.5. The summed E-state index contributed by atoms with van der Waals surface area (Å²) in [5, 5.41) is 10.2. The summed E-state index contributed by atoms with van der Waals surface area (Å²) in [6.45, 7) is 6.78. The number of esters is 1. The minimum atomic E-state index is -0.835. The third kappa shape index (κ3) is 4.96. The number of carbonyl (C=O) groups is 1. The van der Waals surface area contributed by atoms with Crippen LogP contribution in [0.5, 0.6) is 5.75 Å². The van der Waals surface area contributed by atoms with E-state index in [1.807, 2.05) is 57.1 Å². The molecule has 1 atom stereocenters. The van der Waals surface area contributed by atoms with E-state index in [1.165, 1.54) is 0 Å². The highest BCUT2D eigenvalue weighted by Crippen LogP contribution is 2.47. The molecule has 1 unspecified atom stereocenters. The highest BCUT2D eigenvalue weighted by molar-refractivity contribution is 5.71. The molecule has 0 aliphatic carbocycles. The van der Waals surface area contributed by atoms with E-state index in [0.29, 0.717) is 18.8 Å². The van der Waals surface area contributed by atoms with Gasteiger partial charge in [-0.25, -0.2) is 0 Å². The lowest BCUT2D eigenvalue weighted by Gasteiger charge is -2.42. The minimum absolute atomic E-state index is 0.180. The second-order valence-corrected chi connectivity index (χ2v) is 7.17. The summed E-state index contributed by atoms with van der Waals surface area (Å²) in [5.41, 5.74) is -0.569. The van der Waals surface area contributed by atoms with Crippen molar-refractivity contribution < 1.29 is 14.3 Å². The number of hydrogen-bond donors (Lipinski definition) is 0.